The van der Waals surface area contributed by atoms with Crippen LogP contribution < -0.4 is 0 Å². The Balaban J connectivity index is 0.922. The van der Waals surface area contributed by atoms with Gasteiger partial charge in [-0.25, -0.2) is 9.97 Å². The third-order valence-electron chi connectivity index (χ3n) is 14.4. The van der Waals surface area contributed by atoms with Crippen molar-refractivity contribution in [2.45, 2.75) is 0 Å². The Bertz CT molecular complexity index is 4580. The van der Waals surface area contributed by atoms with Crippen LogP contribution in [0.25, 0.3) is 142 Å². The van der Waals surface area contributed by atoms with E-state index in [-0.39, 0.29) is 0 Å². The zero-order valence-corrected chi connectivity index (χ0v) is 36.7. The molecule has 0 saturated heterocycles. The van der Waals surface area contributed by atoms with Crippen LogP contribution in [-0.4, -0.2) is 19.1 Å². The molecule has 0 unspecified atom stereocenters. The highest BCUT2D eigenvalue weighted by Gasteiger charge is 2.22. The molecule has 0 fully saturated rings. The van der Waals surface area contributed by atoms with E-state index in [0.717, 1.165) is 50.1 Å². The number of benzene rings is 12. The van der Waals surface area contributed by atoms with Crippen molar-refractivity contribution < 1.29 is 0 Å². The van der Waals surface area contributed by atoms with Gasteiger partial charge in [-0.1, -0.05) is 152 Å². The van der Waals surface area contributed by atoms with E-state index < -0.39 is 0 Å². The summed E-state index contributed by atoms with van der Waals surface area (Å²) < 4.78 is 4.92. The van der Waals surface area contributed by atoms with Gasteiger partial charge in [0.05, 0.1) is 39.0 Å². The molecule has 3 heterocycles. The predicted octanol–water partition coefficient (Wildman–Crippen LogP) is 16.9. The Labute approximate surface area is 390 Å². The molecule has 0 saturated carbocycles. The number of hydrogen-bond acceptors (Lipinski definition) is 2. The van der Waals surface area contributed by atoms with Gasteiger partial charge in [0.2, 0.25) is 0 Å². The molecule has 0 N–H and O–H groups in total. The third kappa shape index (κ3) is 5.37. The van der Waals surface area contributed by atoms with Crippen molar-refractivity contribution in [2.24, 2.45) is 0 Å². The fourth-order valence-corrected chi connectivity index (χ4v) is 11.4. The van der Waals surface area contributed by atoms with Gasteiger partial charge >= 0.3 is 0 Å². The van der Waals surface area contributed by atoms with Crippen molar-refractivity contribution in [3.63, 3.8) is 0 Å². The first kappa shape index (κ1) is 37.1. The van der Waals surface area contributed by atoms with Crippen LogP contribution in [0.1, 0.15) is 0 Å². The minimum Gasteiger partial charge on any atom is -0.309 e. The summed E-state index contributed by atoms with van der Waals surface area (Å²) in [5.41, 5.74) is 10.8. The lowest BCUT2D eigenvalue weighted by Crippen LogP contribution is -1.98. The first-order chi connectivity index (χ1) is 33.7. The Morgan fingerprint density at radius 2 is 0.794 bits per heavy atom. The van der Waals surface area contributed by atoms with Gasteiger partial charge in [0, 0.05) is 43.7 Å². The van der Waals surface area contributed by atoms with Crippen molar-refractivity contribution in [3.05, 3.63) is 231 Å². The Morgan fingerprint density at radius 1 is 0.279 bits per heavy atom. The molecule has 0 aliphatic heterocycles. The summed E-state index contributed by atoms with van der Waals surface area (Å²) in [6, 6.07) is 84.0. The average molecular weight is 863 g/mol. The normalized spacial score (nSPS) is 12.1. The van der Waals surface area contributed by atoms with Crippen LogP contribution in [0, 0.1) is 0 Å². The highest BCUT2D eigenvalue weighted by atomic mass is 15.0. The molecule has 3 aromatic heterocycles. The molecule has 0 bridgehead atoms. The van der Waals surface area contributed by atoms with E-state index in [9.17, 15) is 0 Å². The number of aromatic nitrogens is 4. The molecular formula is C64H38N4. The van der Waals surface area contributed by atoms with Crippen molar-refractivity contribution in [1.82, 2.24) is 19.1 Å². The van der Waals surface area contributed by atoms with Gasteiger partial charge in [-0.3, -0.25) is 0 Å². The molecule has 0 atom stereocenters. The van der Waals surface area contributed by atoms with Crippen molar-refractivity contribution in [2.75, 3.05) is 0 Å². The highest BCUT2D eigenvalue weighted by molar-refractivity contribution is 6.26. The SMILES string of the molecule is c1ccc2cc3c(cc2c1)c1ccccc1n3-c1cccc2c1c1cc3ccccc3cc1n2-c1ccc(-c2nc(-c3ccc4c5ccccc5c5ccccc5c4c3)c3ccccc3n2)cc1. The monoisotopic (exact) mass is 862 g/mol. The smallest absolute Gasteiger partial charge is 0.160 e. The summed E-state index contributed by atoms with van der Waals surface area (Å²) in [6.07, 6.45) is 0. The maximum Gasteiger partial charge on any atom is 0.160 e. The fraction of sp³-hybridized carbons (Fsp3) is 0. The summed E-state index contributed by atoms with van der Waals surface area (Å²) in [7, 11) is 0. The summed E-state index contributed by atoms with van der Waals surface area (Å²) >= 11 is 0. The van der Waals surface area contributed by atoms with E-state index in [1.807, 2.05) is 0 Å². The van der Waals surface area contributed by atoms with Crippen LogP contribution in [0.2, 0.25) is 0 Å². The van der Waals surface area contributed by atoms with Crippen LogP contribution >= 0.6 is 0 Å². The number of rotatable bonds is 4. The summed E-state index contributed by atoms with van der Waals surface area (Å²) in [5.74, 6) is 0.697. The topological polar surface area (TPSA) is 35.6 Å². The van der Waals surface area contributed by atoms with E-state index >= 15 is 0 Å². The van der Waals surface area contributed by atoms with E-state index in [1.165, 1.54) is 86.4 Å². The number of para-hydroxylation sites is 2. The lowest BCUT2D eigenvalue weighted by Gasteiger charge is -2.14. The average Bonchev–Trinajstić information content (AvgIpc) is 3.90. The molecule has 68 heavy (non-hydrogen) atoms. The maximum absolute atomic E-state index is 5.41. The van der Waals surface area contributed by atoms with Crippen LogP contribution in [0.3, 0.4) is 0 Å². The molecular weight excluding hydrogens is 825 g/mol. The Kier molecular flexibility index (Phi) is 7.75. The first-order valence-corrected chi connectivity index (χ1v) is 23.3. The molecule has 0 aliphatic rings. The second-order valence-corrected chi connectivity index (χ2v) is 18.1. The van der Waals surface area contributed by atoms with Gasteiger partial charge in [-0.05, 0) is 133 Å². The zero-order valence-electron chi connectivity index (χ0n) is 36.7. The van der Waals surface area contributed by atoms with Crippen LogP contribution in [0.4, 0.5) is 0 Å². The summed E-state index contributed by atoms with van der Waals surface area (Å²) in [5, 5.41) is 18.3. The molecule has 0 radical (unpaired) electrons. The van der Waals surface area contributed by atoms with Gasteiger partial charge in [0.1, 0.15) is 0 Å². The van der Waals surface area contributed by atoms with E-state index in [0.29, 0.717) is 5.82 Å². The molecule has 0 spiro atoms. The standard InChI is InChI=1S/C64H38N4/c1-3-16-42-37-60-54(34-40(42)14-1)51-22-10-12-25-57(51)68(60)59-27-13-26-58-62(59)55-35-41-15-2-4-17-43(41)38-61(55)67(58)45-31-28-39(29-32-45)64-65-56-24-11-9-23-52(56)63(66-64)44-30-33-50-48-20-6-5-18-46(48)47-19-7-8-21-49(47)53(50)36-44/h1-38H. The number of nitrogens with zero attached hydrogens (tertiary/aromatic N) is 4. The second-order valence-electron chi connectivity index (χ2n) is 18.1. The van der Waals surface area contributed by atoms with E-state index in [1.54, 1.807) is 0 Å². The molecule has 15 aromatic rings. The largest absolute Gasteiger partial charge is 0.309 e. The molecule has 0 amide bonds. The lowest BCUT2D eigenvalue weighted by atomic mass is 9.92. The lowest BCUT2D eigenvalue weighted by molar-refractivity contribution is 1.17. The fourth-order valence-electron chi connectivity index (χ4n) is 11.4. The van der Waals surface area contributed by atoms with Gasteiger partial charge in [-0.15, -0.1) is 0 Å². The van der Waals surface area contributed by atoms with Gasteiger partial charge in [0.25, 0.3) is 0 Å². The second kappa shape index (κ2) is 14.2. The third-order valence-corrected chi connectivity index (χ3v) is 14.4. The van der Waals surface area contributed by atoms with Gasteiger partial charge < -0.3 is 9.13 Å². The molecule has 314 valence electrons. The van der Waals surface area contributed by atoms with Crippen molar-refractivity contribution in [1.29, 1.82) is 0 Å². The quantitative estimate of drug-likeness (QED) is 0.165. The maximum atomic E-state index is 5.41. The minimum atomic E-state index is 0.697. The number of hydrogen-bond donors (Lipinski definition) is 0. The molecule has 4 nitrogen and oxygen atoms in total. The number of fused-ring (bicyclic) bond motifs is 15. The van der Waals surface area contributed by atoms with Crippen LogP contribution in [-0.2, 0) is 0 Å². The van der Waals surface area contributed by atoms with Gasteiger partial charge in [-0.2, -0.15) is 0 Å². The van der Waals surface area contributed by atoms with E-state index in [4.69, 9.17) is 9.97 Å². The van der Waals surface area contributed by atoms with E-state index in [2.05, 4.69) is 240 Å². The zero-order chi connectivity index (χ0) is 44.5. The molecule has 0 aliphatic carbocycles. The van der Waals surface area contributed by atoms with Crippen LogP contribution in [0.5, 0.6) is 0 Å². The molecule has 15 rings (SSSR count). The molecule has 12 aromatic carbocycles. The first-order valence-electron chi connectivity index (χ1n) is 23.3. The van der Waals surface area contributed by atoms with Crippen molar-refractivity contribution in [3.8, 4) is 34.0 Å². The highest BCUT2D eigenvalue weighted by Crippen LogP contribution is 2.43. The summed E-state index contributed by atoms with van der Waals surface area (Å²) in [6.45, 7) is 0. The molecule has 4 heteroatoms. The van der Waals surface area contributed by atoms with Gasteiger partial charge in [0.15, 0.2) is 5.82 Å². The Hall–Kier alpha value is -9.12. The van der Waals surface area contributed by atoms with Crippen LogP contribution in [0.15, 0.2) is 231 Å². The minimum absolute atomic E-state index is 0.697. The predicted molar refractivity (Wildman–Crippen MR) is 287 cm³/mol. The Morgan fingerprint density at radius 3 is 1.49 bits per heavy atom. The van der Waals surface area contributed by atoms with Crippen molar-refractivity contribution >= 4 is 108 Å². The summed E-state index contributed by atoms with van der Waals surface area (Å²) in [4.78, 5) is 10.6.